The van der Waals surface area contributed by atoms with Gasteiger partial charge in [0.2, 0.25) is 5.91 Å². The lowest BCUT2D eigenvalue weighted by atomic mass is 9.64. The quantitative estimate of drug-likeness (QED) is 0.722. The molecule has 0 saturated heterocycles. The van der Waals surface area contributed by atoms with Crippen LogP contribution < -0.4 is 16.0 Å². The molecule has 6 heteroatoms. The van der Waals surface area contributed by atoms with Gasteiger partial charge in [0.1, 0.15) is 0 Å². The average Bonchev–Trinajstić information content (AvgIpc) is 2.54. The summed E-state index contributed by atoms with van der Waals surface area (Å²) in [5, 5.41) is 9.05. The fourth-order valence-corrected chi connectivity index (χ4v) is 3.41. The molecule has 1 aliphatic carbocycles. The summed E-state index contributed by atoms with van der Waals surface area (Å²) in [4.78, 5) is 24.7. The number of anilines is 2. The van der Waals surface area contributed by atoms with Crippen molar-refractivity contribution in [2.24, 2.45) is 0 Å². The van der Waals surface area contributed by atoms with Gasteiger partial charge in [0.25, 0.3) is 0 Å². The first kappa shape index (κ1) is 18.3. The zero-order valence-electron chi connectivity index (χ0n) is 14.6. The minimum atomic E-state index is -0.534. The number of nitrogens with one attached hydrogen (secondary N) is 3. The highest BCUT2D eigenvalue weighted by atomic mass is 35.5. The second-order valence-corrected chi connectivity index (χ2v) is 6.90. The van der Waals surface area contributed by atoms with Crippen molar-refractivity contribution in [2.75, 3.05) is 17.2 Å². The SMILES string of the molecule is CCNC(=O)Nc1cccc(NC(=O)C2(c3cccc(Cl)c3)CCC2)c1. The highest BCUT2D eigenvalue weighted by Gasteiger charge is 2.45. The van der Waals surface area contributed by atoms with Crippen molar-refractivity contribution >= 4 is 34.9 Å². The lowest BCUT2D eigenvalue weighted by molar-refractivity contribution is -0.124. The van der Waals surface area contributed by atoms with Crippen molar-refractivity contribution in [1.82, 2.24) is 5.32 Å². The van der Waals surface area contributed by atoms with E-state index in [2.05, 4.69) is 16.0 Å². The fraction of sp³-hybridized carbons (Fsp3) is 0.300. The molecule has 0 spiro atoms. The van der Waals surface area contributed by atoms with Crippen LogP contribution >= 0.6 is 11.6 Å². The van der Waals surface area contributed by atoms with E-state index in [0.29, 0.717) is 22.9 Å². The first-order valence-electron chi connectivity index (χ1n) is 8.76. The van der Waals surface area contributed by atoms with Crippen LogP contribution in [0.4, 0.5) is 16.2 Å². The van der Waals surface area contributed by atoms with Crippen molar-refractivity contribution in [3.63, 3.8) is 0 Å². The summed E-state index contributed by atoms with van der Waals surface area (Å²) in [5.74, 6) is -0.0406. The fourth-order valence-electron chi connectivity index (χ4n) is 3.22. The Balaban J connectivity index is 1.76. The van der Waals surface area contributed by atoms with Gasteiger partial charge in [-0.05, 0) is 55.7 Å². The van der Waals surface area contributed by atoms with Gasteiger partial charge < -0.3 is 16.0 Å². The Hall–Kier alpha value is -2.53. The third-order valence-electron chi connectivity index (χ3n) is 4.73. The van der Waals surface area contributed by atoms with E-state index in [1.165, 1.54) is 0 Å². The number of hydrogen-bond donors (Lipinski definition) is 3. The topological polar surface area (TPSA) is 70.2 Å². The Morgan fingerprint density at radius 3 is 2.35 bits per heavy atom. The van der Waals surface area contributed by atoms with E-state index in [1.54, 1.807) is 18.2 Å². The van der Waals surface area contributed by atoms with Crippen LogP contribution in [0.1, 0.15) is 31.7 Å². The molecule has 3 rings (SSSR count). The molecule has 0 aliphatic heterocycles. The number of halogens is 1. The average molecular weight is 372 g/mol. The first-order valence-corrected chi connectivity index (χ1v) is 9.14. The van der Waals surface area contributed by atoms with Crippen molar-refractivity contribution in [3.05, 3.63) is 59.1 Å². The molecule has 1 aliphatic rings. The van der Waals surface area contributed by atoms with E-state index in [9.17, 15) is 9.59 Å². The van der Waals surface area contributed by atoms with Gasteiger partial charge >= 0.3 is 6.03 Å². The molecule has 1 saturated carbocycles. The van der Waals surface area contributed by atoms with Crippen molar-refractivity contribution in [1.29, 1.82) is 0 Å². The van der Waals surface area contributed by atoms with Crippen molar-refractivity contribution in [2.45, 2.75) is 31.6 Å². The Morgan fingerprint density at radius 1 is 1.04 bits per heavy atom. The molecule has 0 heterocycles. The molecule has 0 radical (unpaired) electrons. The highest BCUT2D eigenvalue weighted by molar-refractivity contribution is 6.30. The summed E-state index contributed by atoms with van der Waals surface area (Å²) in [6, 6.07) is 14.4. The zero-order valence-corrected chi connectivity index (χ0v) is 15.4. The van der Waals surface area contributed by atoms with Gasteiger partial charge in [-0.15, -0.1) is 0 Å². The van der Waals surface area contributed by atoms with Crippen molar-refractivity contribution in [3.8, 4) is 0 Å². The van der Waals surface area contributed by atoms with Gasteiger partial charge in [-0.25, -0.2) is 4.79 Å². The Morgan fingerprint density at radius 2 is 1.73 bits per heavy atom. The molecule has 1 fully saturated rings. The van der Waals surface area contributed by atoms with E-state index >= 15 is 0 Å². The monoisotopic (exact) mass is 371 g/mol. The van der Waals surface area contributed by atoms with Crippen LogP contribution in [0, 0.1) is 0 Å². The number of benzene rings is 2. The highest BCUT2D eigenvalue weighted by Crippen LogP contribution is 2.45. The smallest absolute Gasteiger partial charge is 0.319 e. The molecule has 26 heavy (non-hydrogen) atoms. The standard InChI is InChI=1S/C20H22ClN3O2/c1-2-22-19(26)24-17-9-4-8-16(13-17)23-18(25)20(10-5-11-20)14-6-3-7-15(21)12-14/h3-4,6-9,12-13H,2,5,10-11H2,1H3,(H,23,25)(H2,22,24,26). The number of carbonyl (C=O) groups is 2. The zero-order chi connectivity index (χ0) is 18.6. The van der Waals surface area contributed by atoms with Gasteiger partial charge in [0, 0.05) is 22.9 Å². The molecule has 136 valence electrons. The number of amides is 3. The van der Waals surface area contributed by atoms with E-state index in [0.717, 1.165) is 24.8 Å². The van der Waals surface area contributed by atoms with E-state index in [-0.39, 0.29) is 11.9 Å². The molecule has 3 N–H and O–H groups in total. The van der Waals surface area contributed by atoms with Gasteiger partial charge in [-0.2, -0.15) is 0 Å². The third kappa shape index (κ3) is 3.83. The van der Waals surface area contributed by atoms with E-state index in [4.69, 9.17) is 11.6 Å². The number of carbonyl (C=O) groups excluding carboxylic acids is 2. The maximum Gasteiger partial charge on any atom is 0.319 e. The summed E-state index contributed by atoms with van der Waals surface area (Å²) in [5.41, 5.74) is 1.69. The summed E-state index contributed by atoms with van der Waals surface area (Å²) >= 11 is 6.11. The largest absolute Gasteiger partial charge is 0.338 e. The number of hydrogen-bond acceptors (Lipinski definition) is 2. The molecule has 3 amide bonds. The van der Waals surface area contributed by atoms with Crippen LogP contribution in [0.25, 0.3) is 0 Å². The Bertz CT molecular complexity index is 818. The molecule has 0 unspecified atom stereocenters. The first-order chi connectivity index (χ1) is 12.5. The number of urea groups is 1. The van der Waals surface area contributed by atoms with Gasteiger partial charge in [0.05, 0.1) is 5.41 Å². The summed E-state index contributed by atoms with van der Waals surface area (Å²) < 4.78 is 0. The van der Waals surface area contributed by atoms with Crippen LogP contribution in [-0.2, 0) is 10.2 Å². The Kier molecular flexibility index (Phi) is 5.47. The van der Waals surface area contributed by atoms with E-state index in [1.807, 2.05) is 37.3 Å². The minimum Gasteiger partial charge on any atom is -0.338 e. The van der Waals surface area contributed by atoms with Crippen LogP contribution in [0.15, 0.2) is 48.5 Å². The van der Waals surface area contributed by atoms with Crippen LogP contribution in [0.5, 0.6) is 0 Å². The lowest BCUT2D eigenvalue weighted by Crippen LogP contribution is -2.46. The second kappa shape index (κ2) is 7.79. The predicted molar refractivity (Wildman–Crippen MR) is 105 cm³/mol. The van der Waals surface area contributed by atoms with Gasteiger partial charge in [-0.3, -0.25) is 4.79 Å². The maximum absolute atomic E-state index is 13.0. The van der Waals surface area contributed by atoms with Crippen LogP contribution in [-0.4, -0.2) is 18.5 Å². The maximum atomic E-state index is 13.0. The molecule has 5 nitrogen and oxygen atoms in total. The molecule has 0 atom stereocenters. The second-order valence-electron chi connectivity index (χ2n) is 6.47. The van der Waals surface area contributed by atoms with Crippen molar-refractivity contribution < 1.29 is 9.59 Å². The lowest BCUT2D eigenvalue weighted by Gasteiger charge is -2.40. The molecule has 2 aromatic carbocycles. The normalized spacial score (nSPS) is 14.8. The molecule has 0 bridgehead atoms. The molecule has 2 aromatic rings. The third-order valence-corrected chi connectivity index (χ3v) is 4.97. The van der Waals surface area contributed by atoms with Gasteiger partial charge in [-0.1, -0.05) is 36.2 Å². The molecule has 0 aromatic heterocycles. The summed E-state index contributed by atoms with van der Waals surface area (Å²) in [6.45, 7) is 2.40. The minimum absolute atomic E-state index is 0.0406. The van der Waals surface area contributed by atoms with Crippen LogP contribution in [0.3, 0.4) is 0 Å². The van der Waals surface area contributed by atoms with Gasteiger partial charge in [0.15, 0.2) is 0 Å². The molecular formula is C20H22ClN3O2. The Labute approximate surface area is 158 Å². The summed E-state index contributed by atoms with van der Waals surface area (Å²) in [6.07, 6.45) is 2.62. The summed E-state index contributed by atoms with van der Waals surface area (Å²) in [7, 11) is 0. The predicted octanol–water partition coefficient (Wildman–Crippen LogP) is 4.54. The van der Waals surface area contributed by atoms with E-state index < -0.39 is 5.41 Å². The van der Waals surface area contributed by atoms with Crippen LogP contribution in [0.2, 0.25) is 5.02 Å². The number of rotatable bonds is 5. The molecular weight excluding hydrogens is 350 g/mol.